The third-order valence-electron chi connectivity index (χ3n) is 4.94. The van der Waals surface area contributed by atoms with Crippen LogP contribution in [0, 0.1) is 5.92 Å². The number of amides is 2. The second-order valence-corrected chi connectivity index (χ2v) is 7.83. The van der Waals surface area contributed by atoms with Gasteiger partial charge < -0.3 is 14.7 Å². The van der Waals surface area contributed by atoms with Gasteiger partial charge in [0.15, 0.2) is 5.76 Å². The van der Waals surface area contributed by atoms with E-state index < -0.39 is 0 Å². The topological polar surface area (TPSA) is 75.4 Å². The average molecular weight is 395 g/mol. The van der Waals surface area contributed by atoms with Crippen molar-refractivity contribution in [3.8, 4) is 11.3 Å². The predicted molar refractivity (Wildman–Crippen MR) is 107 cm³/mol. The molecule has 0 saturated carbocycles. The Labute approximate surface area is 167 Å². The van der Waals surface area contributed by atoms with Crippen LogP contribution in [0.15, 0.2) is 58.6 Å². The molecule has 1 aromatic carbocycles. The number of hydrogen-bond acceptors (Lipinski definition) is 5. The zero-order valence-electron chi connectivity index (χ0n) is 15.3. The molecule has 1 aliphatic heterocycles. The van der Waals surface area contributed by atoms with E-state index >= 15 is 0 Å². The molecular weight excluding hydrogens is 374 g/mol. The van der Waals surface area contributed by atoms with Gasteiger partial charge in [-0.1, -0.05) is 41.6 Å². The quantitative estimate of drug-likeness (QED) is 0.715. The van der Waals surface area contributed by atoms with E-state index in [0.29, 0.717) is 35.8 Å². The van der Waals surface area contributed by atoms with E-state index in [1.165, 1.54) is 17.5 Å². The molecule has 1 saturated heterocycles. The average Bonchev–Trinajstić information content (AvgIpc) is 3.44. The molecule has 2 aromatic heterocycles. The summed E-state index contributed by atoms with van der Waals surface area (Å²) in [6.07, 6.45) is 3.40. The highest BCUT2D eigenvalue weighted by molar-refractivity contribution is 7.12. The molecule has 2 amide bonds. The lowest BCUT2D eigenvalue weighted by atomic mass is 9.97. The highest BCUT2D eigenvalue weighted by Gasteiger charge is 2.28. The highest BCUT2D eigenvalue weighted by atomic mass is 32.1. The summed E-state index contributed by atoms with van der Waals surface area (Å²) in [5, 5.41) is 8.72. The van der Waals surface area contributed by atoms with Gasteiger partial charge in [-0.05, 0) is 30.2 Å². The first kappa shape index (κ1) is 18.4. The number of nitrogens with one attached hydrogen (secondary N) is 1. The second kappa shape index (κ2) is 8.39. The zero-order valence-corrected chi connectivity index (χ0v) is 16.2. The molecule has 144 valence electrons. The summed E-state index contributed by atoms with van der Waals surface area (Å²) in [7, 11) is 0. The van der Waals surface area contributed by atoms with Gasteiger partial charge in [0.25, 0.3) is 11.8 Å². The minimum atomic E-state index is -0.0746. The van der Waals surface area contributed by atoms with E-state index in [1.54, 1.807) is 0 Å². The molecule has 28 heavy (non-hydrogen) atoms. The number of aromatic nitrogens is 1. The molecule has 1 N–H and O–H groups in total. The van der Waals surface area contributed by atoms with Gasteiger partial charge in [0.2, 0.25) is 0 Å². The van der Waals surface area contributed by atoms with Crippen molar-refractivity contribution in [1.82, 2.24) is 15.4 Å². The number of benzene rings is 1. The molecule has 0 aliphatic carbocycles. The van der Waals surface area contributed by atoms with Gasteiger partial charge in [-0.2, -0.15) is 0 Å². The molecule has 3 heterocycles. The number of rotatable bonds is 5. The van der Waals surface area contributed by atoms with E-state index in [4.69, 9.17) is 4.52 Å². The lowest BCUT2D eigenvalue weighted by Crippen LogP contribution is -2.43. The van der Waals surface area contributed by atoms with Crippen molar-refractivity contribution in [3.05, 3.63) is 64.5 Å². The van der Waals surface area contributed by atoms with Gasteiger partial charge in [-0.3, -0.25) is 9.59 Å². The third-order valence-corrected chi connectivity index (χ3v) is 5.81. The fourth-order valence-electron chi connectivity index (χ4n) is 3.51. The van der Waals surface area contributed by atoms with Crippen LogP contribution >= 0.6 is 11.3 Å². The van der Waals surface area contributed by atoms with Crippen molar-refractivity contribution in [2.45, 2.75) is 12.8 Å². The van der Waals surface area contributed by atoms with Gasteiger partial charge in [0, 0.05) is 25.2 Å². The van der Waals surface area contributed by atoms with Crippen molar-refractivity contribution < 1.29 is 14.1 Å². The number of thiophene rings is 1. The monoisotopic (exact) mass is 395 g/mol. The Morgan fingerprint density at radius 1 is 1.21 bits per heavy atom. The Morgan fingerprint density at radius 2 is 2.07 bits per heavy atom. The molecule has 1 fully saturated rings. The Kier molecular flexibility index (Phi) is 5.53. The standard InChI is InChI=1S/C21H21N3O3S/c25-20(18-9-5-11-28-18)22-12-15-6-4-10-24(14-15)21(26)17-13-23-27-19(17)16-7-2-1-3-8-16/h1-3,5,7-9,11,13,15H,4,6,10,12,14H2,(H,22,25). The summed E-state index contributed by atoms with van der Waals surface area (Å²) in [6.45, 7) is 1.88. The first-order valence-electron chi connectivity index (χ1n) is 9.33. The fourth-order valence-corrected chi connectivity index (χ4v) is 4.15. The van der Waals surface area contributed by atoms with E-state index in [9.17, 15) is 9.59 Å². The molecule has 1 aliphatic rings. The molecule has 0 spiro atoms. The van der Waals surface area contributed by atoms with E-state index in [0.717, 1.165) is 18.4 Å². The number of hydrogen-bond donors (Lipinski definition) is 1. The van der Waals surface area contributed by atoms with Crippen molar-refractivity contribution in [2.75, 3.05) is 19.6 Å². The molecule has 6 nitrogen and oxygen atoms in total. The van der Waals surface area contributed by atoms with Crippen LogP contribution in [0.3, 0.4) is 0 Å². The summed E-state index contributed by atoms with van der Waals surface area (Å²) in [4.78, 5) is 27.8. The van der Waals surface area contributed by atoms with Crippen LogP contribution in [0.1, 0.15) is 32.9 Å². The molecule has 7 heteroatoms. The van der Waals surface area contributed by atoms with E-state index in [2.05, 4.69) is 10.5 Å². The SMILES string of the molecule is O=C(NCC1CCCN(C(=O)c2cnoc2-c2ccccc2)C1)c1cccs1. The minimum Gasteiger partial charge on any atom is -0.355 e. The van der Waals surface area contributed by atoms with Crippen molar-refractivity contribution in [3.63, 3.8) is 0 Å². The van der Waals surface area contributed by atoms with E-state index in [1.807, 2.05) is 52.7 Å². The third kappa shape index (κ3) is 3.99. The Balaban J connectivity index is 1.40. The van der Waals surface area contributed by atoms with Crippen LogP contribution in [0.5, 0.6) is 0 Å². The maximum absolute atomic E-state index is 13.1. The first-order chi connectivity index (χ1) is 13.7. The summed E-state index contributed by atoms with van der Waals surface area (Å²) in [5.41, 5.74) is 1.31. The van der Waals surface area contributed by atoms with Crippen molar-refractivity contribution in [2.24, 2.45) is 5.92 Å². The highest BCUT2D eigenvalue weighted by Crippen LogP contribution is 2.26. The van der Waals surface area contributed by atoms with E-state index in [-0.39, 0.29) is 17.7 Å². The number of carbonyl (C=O) groups excluding carboxylic acids is 2. The lowest BCUT2D eigenvalue weighted by molar-refractivity contribution is 0.0671. The fraction of sp³-hybridized carbons (Fsp3) is 0.286. The van der Waals surface area contributed by atoms with Gasteiger partial charge in [0.05, 0.1) is 11.1 Å². The number of nitrogens with zero attached hydrogens (tertiary/aromatic N) is 2. The molecule has 1 unspecified atom stereocenters. The first-order valence-corrected chi connectivity index (χ1v) is 10.2. The van der Waals surface area contributed by atoms with Crippen LogP contribution in [-0.2, 0) is 0 Å². The molecule has 0 bridgehead atoms. The van der Waals surface area contributed by atoms with Gasteiger partial charge in [-0.15, -0.1) is 11.3 Å². The largest absolute Gasteiger partial charge is 0.355 e. The minimum absolute atomic E-state index is 0.0520. The van der Waals surface area contributed by atoms with Crippen LogP contribution in [0.25, 0.3) is 11.3 Å². The van der Waals surface area contributed by atoms with Crippen LogP contribution < -0.4 is 5.32 Å². The zero-order chi connectivity index (χ0) is 19.3. The molecule has 4 rings (SSSR count). The predicted octanol–water partition coefficient (Wildman–Crippen LogP) is 3.69. The number of likely N-dealkylation sites (tertiary alicyclic amines) is 1. The smallest absolute Gasteiger partial charge is 0.261 e. The summed E-state index contributed by atoms with van der Waals surface area (Å²) < 4.78 is 5.36. The molecular formula is C21H21N3O3S. The molecule has 3 aromatic rings. The van der Waals surface area contributed by atoms with Crippen LogP contribution in [0.4, 0.5) is 0 Å². The Hall–Kier alpha value is -2.93. The number of piperidine rings is 1. The van der Waals surface area contributed by atoms with Gasteiger partial charge in [-0.25, -0.2) is 0 Å². The van der Waals surface area contributed by atoms with Crippen molar-refractivity contribution >= 4 is 23.2 Å². The normalized spacial score (nSPS) is 16.7. The van der Waals surface area contributed by atoms with Crippen molar-refractivity contribution in [1.29, 1.82) is 0 Å². The molecule has 1 atom stereocenters. The van der Waals surface area contributed by atoms with Crippen LogP contribution in [-0.4, -0.2) is 41.5 Å². The summed E-state index contributed by atoms with van der Waals surface area (Å²) in [5.74, 6) is 0.610. The summed E-state index contributed by atoms with van der Waals surface area (Å²) >= 11 is 1.43. The Morgan fingerprint density at radius 3 is 2.86 bits per heavy atom. The summed E-state index contributed by atoms with van der Waals surface area (Å²) in [6, 6.07) is 13.2. The number of carbonyl (C=O) groups is 2. The molecule has 0 radical (unpaired) electrons. The maximum atomic E-state index is 13.1. The maximum Gasteiger partial charge on any atom is 0.261 e. The lowest BCUT2D eigenvalue weighted by Gasteiger charge is -2.32. The van der Waals surface area contributed by atoms with Crippen LogP contribution in [0.2, 0.25) is 0 Å². The van der Waals surface area contributed by atoms with Gasteiger partial charge in [0.1, 0.15) is 5.56 Å². The second-order valence-electron chi connectivity index (χ2n) is 6.88. The Bertz CT molecular complexity index is 937. The van der Waals surface area contributed by atoms with Gasteiger partial charge >= 0.3 is 0 Å².